The summed E-state index contributed by atoms with van der Waals surface area (Å²) in [4.78, 5) is 11.6. The maximum absolute atomic E-state index is 11.6. The number of rotatable bonds is 7. The molecule has 0 fully saturated rings. The minimum atomic E-state index is -0.108. The van der Waals surface area contributed by atoms with Crippen LogP contribution in [0, 0.1) is 0 Å². The van der Waals surface area contributed by atoms with Gasteiger partial charge in [0.25, 0.3) is 5.91 Å². The van der Waals surface area contributed by atoms with Gasteiger partial charge in [-0.2, -0.15) is 0 Å². The highest BCUT2D eigenvalue weighted by molar-refractivity contribution is 9.10. The summed E-state index contributed by atoms with van der Waals surface area (Å²) in [6.07, 6.45) is 1.81. The predicted molar refractivity (Wildman–Crippen MR) is 95.7 cm³/mol. The Labute approximate surface area is 144 Å². The second kappa shape index (κ2) is 9.66. The highest BCUT2D eigenvalue weighted by atomic mass is 79.9. The molecule has 2 rings (SSSR count). The first-order chi connectivity index (χ1) is 10.2. The van der Waals surface area contributed by atoms with Crippen LogP contribution in [0.1, 0.15) is 12.8 Å². The van der Waals surface area contributed by atoms with E-state index < -0.39 is 0 Å². The topological polar surface area (TPSA) is 64.3 Å². The summed E-state index contributed by atoms with van der Waals surface area (Å²) >= 11 is 3.44. The van der Waals surface area contributed by atoms with Crippen molar-refractivity contribution >= 4 is 45.0 Å². The van der Waals surface area contributed by atoms with Crippen molar-refractivity contribution in [1.82, 2.24) is 5.32 Å². The van der Waals surface area contributed by atoms with E-state index in [4.69, 9.17) is 10.5 Å². The van der Waals surface area contributed by atoms with Gasteiger partial charge in [0.2, 0.25) is 0 Å². The number of ether oxygens (including phenoxy) is 1. The zero-order valence-corrected chi connectivity index (χ0v) is 14.6. The van der Waals surface area contributed by atoms with Crippen LogP contribution in [0.4, 0.5) is 0 Å². The van der Waals surface area contributed by atoms with Gasteiger partial charge in [-0.25, -0.2) is 0 Å². The number of nitrogens with two attached hydrogens (primary N) is 1. The van der Waals surface area contributed by atoms with Crippen molar-refractivity contribution in [3.63, 3.8) is 0 Å². The highest BCUT2D eigenvalue weighted by Gasteiger charge is 2.03. The molecular formula is C16H20BrClN2O2. The molecule has 0 heterocycles. The first kappa shape index (κ1) is 18.7. The third kappa shape index (κ3) is 5.83. The minimum Gasteiger partial charge on any atom is -0.484 e. The first-order valence-corrected chi connectivity index (χ1v) is 7.77. The van der Waals surface area contributed by atoms with Crippen LogP contribution >= 0.6 is 28.3 Å². The third-order valence-electron chi connectivity index (χ3n) is 3.10. The quantitative estimate of drug-likeness (QED) is 0.717. The zero-order valence-electron chi connectivity index (χ0n) is 12.2. The lowest BCUT2D eigenvalue weighted by Crippen LogP contribution is -2.29. The molecule has 2 aromatic rings. The molecule has 0 unspecified atom stereocenters. The molecule has 120 valence electrons. The summed E-state index contributed by atoms with van der Waals surface area (Å²) in [7, 11) is 0. The van der Waals surface area contributed by atoms with Gasteiger partial charge in [-0.1, -0.05) is 28.1 Å². The Morgan fingerprint density at radius 2 is 1.86 bits per heavy atom. The molecule has 0 aliphatic carbocycles. The van der Waals surface area contributed by atoms with Crippen LogP contribution in [0.25, 0.3) is 10.8 Å². The molecule has 6 heteroatoms. The second-order valence-electron chi connectivity index (χ2n) is 4.79. The molecule has 0 bridgehead atoms. The van der Waals surface area contributed by atoms with Crippen molar-refractivity contribution in [2.45, 2.75) is 12.8 Å². The van der Waals surface area contributed by atoms with E-state index in [1.165, 1.54) is 0 Å². The lowest BCUT2D eigenvalue weighted by atomic mass is 10.1. The van der Waals surface area contributed by atoms with Crippen LogP contribution in [-0.4, -0.2) is 25.6 Å². The number of carbonyl (C=O) groups is 1. The molecule has 3 N–H and O–H groups in total. The van der Waals surface area contributed by atoms with E-state index in [-0.39, 0.29) is 24.9 Å². The molecule has 0 aliphatic rings. The smallest absolute Gasteiger partial charge is 0.257 e. The van der Waals surface area contributed by atoms with Crippen LogP contribution in [-0.2, 0) is 4.79 Å². The van der Waals surface area contributed by atoms with Gasteiger partial charge in [0.1, 0.15) is 5.75 Å². The Kier molecular flexibility index (Phi) is 8.24. The SMILES string of the molecule is Cl.NCCCCNC(=O)COc1ccc2cc(Br)ccc2c1. The first-order valence-electron chi connectivity index (χ1n) is 6.98. The molecule has 0 atom stereocenters. The average molecular weight is 388 g/mol. The van der Waals surface area contributed by atoms with Crippen LogP contribution < -0.4 is 15.8 Å². The van der Waals surface area contributed by atoms with Crippen LogP contribution in [0.2, 0.25) is 0 Å². The molecule has 0 saturated heterocycles. The van der Waals surface area contributed by atoms with Gasteiger partial charge in [-0.15, -0.1) is 12.4 Å². The molecular weight excluding hydrogens is 368 g/mol. The largest absolute Gasteiger partial charge is 0.484 e. The van der Waals surface area contributed by atoms with E-state index in [0.29, 0.717) is 18.8 Å². The molecule has 22 heavy (non-hydrogen) atoms. The molecule has 2 aromatic carbocycles. The van der Waals surface area contributed by atoms with Crippen molar-refractivity contribution in [2.24, 2.45) is 5.73 Å². The van der Waals surface area contributed by atoms with E-state index in [2.05, 4.69) is 21.2 Å². The summed E-state index contributed by atoms with van der Waals surface area (Å²) in [6.45, 7) is 1.33. The number of benzene rings is 2. The van der Waals surface area contributed by atoms with Gasteiger partial charge in [-0.3, -0.25) is 4.79 Å². The van der Waals surface area contributed by atoms with Crippen molar-refractivity contribution in [3.05, 3.63) is 40.9 Å². The van der Waals surface area contributed by atoms with Crippen molar-refractivity contribution in [3.8, 4) is 5.75 Å². The Balaban J connectivity index is 0.00000242. The van der Waals surface area contributed by atoms with E-state index in [9.17, 15) is 4.79 Å². The van der Waals surface area contributed by atoms with Crippen LogP contribution in [0.3, 0.4) is 0 Å². The maximum Gasteiger partial charge on any atom is 0.257 e. The Hall–Kier alpha value is -1.30. The summed E-state index contributed by atoms with van der Waals surface area (Å²) in [5.74, 6) is 0.588. The number of fused-ring (bicyclic) bond motifs is 1. The molecule has 1 amide bonds. The Bertz CT molecular complexity index is 622. The Morgan fingerprint density at radius 1 is 1.14 bits per heavy atom. The van der Waals surface area contributed by atoms with Gasteiger partial charge < -0.3 is 15.8 Å². The van der Waals surface area contributed by atoms with Crippen LogP contribution in [0.15, 0.2) is 40.9 Å². The lowest BCUT2D eigenvalue weighted by molar-refractivity contribution is -0.123. The van der Waals surface area contributed by atoms with Crippen LogP contribution in [0.5, 0.6) is 5.75 Å². The fourth-order valence-electron chi connectivity index (χ4n) is 1.98. The normalized spacial score (nSPS) is 10.1. The van der Waals surface area contributed by atoms with E-state index >= 15 is 0 Å². The summed E-state index contributed by atoms with van der Waals surface area (Å²) in [6, 6.07) is 11.8. The highest BCUT2D eigenvalue weighted by Crippen LogP contribution is 2.24. The number of hydrogen-bond acceptors (Lipinski definition) is 3. The molecule has 0 radical (unpaired) electrons. The molecule has 0 aliphatic heterocycles. The maximum atomic E-state index is 11.6. The summed E-state index contributed by atoms with van der Waals surface area (Å²) < 4.78 is 6.56. The average Bonchev–Trinajstić information content (AvgIpc) is 2.49. The van der Waals surface area contributed by atoms with E-state index in [1.807, 2.05) is 36.4 Å². The third-order valence-corrected chi connectivity index (χ3v) is 3.59. The predicted octanol–water partition coefficient (Wildman–Crippen LogP) is 3.26. The second-order valence-corrected chi connectivity index (χ2v) is 5.70. The molecule has 0 aromatic heterocycles. The van der Waals surface area contributed by atoms with E-state index in [1.54, 1.807) is 0 Å². The number of nitrogens with one attached hydrogen (secondary N) is 1. The summed E-state index contributed by atoms with van der Waals surface area (Å²) in [5, 5.41) is 5.02. The molecule has 0 saturated carbocycles. The zero-order chi connectivity index (χ0) is 15.1. The molecule has 4 nitrogen and oxygen atoms in total. The number of hydrogen-bond donors (Lipinski definition) is 2. The molecule has 0 spiro atoms. The van der Waals surface area contributed by atoms with Crippen molar-refractivity contribution in [2.75, 3.05) is 19.7 Å². The van der Waals surface area contributed by atoms with Gasteiger partial charge >= 0.3 is 0 Å². The fraction of sp³-hybridized carbons (Fsp3) is 0.312. The van der Waals surface area contributed by atoms with Gasteiger partial charge in [0.05, 0.1) is 0 Å². The minimum absolute atomic E-state index is 0. The lowest BCUT2D eigenvalue weighted by Gasteiger charge is -2.08. The van der Waals surface area contributed by atoms with Gasteiger partial charge in [0.15, 0.2) is 6.61 Å². The van der Waals surface area contributed by atoms with Gasteiger partial charge in [-0.05, 0) is 54.4 Å². The van der Waals surface area contributed by atoms with Gasteiger partial charge in [0, 0.05) is 11.0 Å². The number of halogens is 2. The van der Waals surface area contributed by atoms with E-state index in [0.717, 1.165) is 28.1 Å². The van der Waals surface area contributed by atoms with Crippen molar-refractivity contribution in [1.29, 1.82) is 0 Å². The fourth-order valence-corrected chi connectivity index (χ4v) is 2.36. The summed E-state index contributed by atoms with van der Waals surface area (Å²) in [5.41, 5.74) is 5.39. The Morgan fingerprint density at radius 3 is 2.64 bits per heavy atom. The number of carbonyl (C=O) groups excluding carboxylic acids is 1. The standard InChI is InChI=1S/C16H19BrN2O2.ClH/c17-14-5-3-13-10-15(6-4-12(13)9-14)21-11-16(20)19-8-2-1-7-18;/h3-6,9-10H,1-2,7-8,11,18H2,(H,19,20);1H. The number of amides is 1. The van der Waals surface area contributed by atoms with Crippen molar-refractivity contribution < 1.29 is 9.53 Å². The monoisotopic (exact) mass is 386 g/mol. The number of unbranched alkanes of at least 4 members (excludes halogenated alkanes) is 1.